The van der Waals surface area contributed by atoms with Crippen LogP contribution in [0.25, 0.3) is 0 Å². The summed E-state index contributed by atoms with van der Waals surface area (Å²) in [6, 6.07) is 0. The van der Waals surface area contributed by atoms with E-state index in [0.29, 0.717) is 12.8 Å². The Labute approximate surface area is 271 Å². The van der Waals surface area contributed by atoms with Gasteiger partial charge in [0.1, 0.15) is 6.61 Å². The molecule has 0 saturated heterocycles. The van der Waals surface area contributed by atoms with E-state index in [1.807, 2.05) is 54.7 Å². The molecule has 0 aliphatic rings. The number of aliphatic hydroxyl groups excluding tert-OH is 1. The summed E-state index contributed by atoms with van der Waals surface area (Å²) in [7, 11) is 0. The summed E-state index contributed by atoms with van der Waals surface area (Å²) in [6.45, 7) is 3.92. The van der Waals surface area contributed by atoms with Gasteiger partial charge in [0, 0.05) is 12.8 Å². The molecule has 0 spiro atoms. The van der Waals surface area contributed by atoms with Crippen molar-refractivity contribution in [1.82, 2.24) is 0 Å². The van der Waals surface area contributed by atoms with E-state index in [4.69, 9.17) is 9.47 Å². The van der Waals surface area contributed by atoms with Crippen LogP contribution >= 0.6 is 0 Å². The minimum absolute atomic E-state index is 0.103. The molecule has 0 heterocycles. The number of hydrogen-bond acceptors (Lipinski definition) is 5. The van der Waals surface area contributed by atoms with Crippen molar-refractivity contribution < 1.29 is 24.2 Å². The molecule has 0 aromatic rings. The lowest BCUT2D eigenvalue weighted by molar-refractivity contribution is -0.161. The molecule has 5 heteroatoms. The topological polar surface area (TPSA) is 72.8 Å². The van der Waals surface area contributed by atoms with E-state index < -0.39 is 6.10 Å². The van der Waals surface area contributed by atoms with Crippen molar-refractivity contribution in [3.63, 3.8) is 0 Å². The minimum atomic E-state index is -0.798. The summed E-state index contributed by atoms with van der Waals surface area (Å²) < 4.78 is 10.5. The molecular weight excluding hydrogens is 548 g/mol. The van der Waals surface area contributed by atoms with Crippen molar-refractivity contribution in [2.75, 3.05) is 13.2 Å². The highest BCUT2D eigenvalue weighted by atomic mass is 16.6. The standard InChI is InChI=1S/C39H66O5/c1-3-5-7-9-11-13-15-17-18-19-20-22-24-26-28-30-32-34-39(42)44-37(35-40)36-43-38(41)33-31-29-27-25-23-21-16-14-12-10-8-6-4-2/h6,8,10,12,14,16,21,23,25,27,37,40H,3-5,7,9,11,13,15,17-20,22,24,26,28-36H2,1-2H3/b8-6+,12-10+,16-14+,23-21+,27-25+. The first kappa shape index (κ1) is 41.6. The molecule has 5 nitrogen and oxygen atoms in total. The highest BCUT2D eigenvalue weighted by Crippen LogP contribution is 2.14. The van der Waals surface area contributed by atoms with Crippen molar-refractivity contribution >= 4 is 11.9 Å². The Morgan fingerprint density at radius 2 is 0.977 bits per heavy atom. The maximum absolute atomic E-state index is 12.1. The molecule has 1 unspecified atom stereocenters. The van der Waals surface area contributed by atoms with Crippen LogP contribution < -0.4 is 0 Å². The molecule has 0 aliphatic carbocycles. The number of esters is 2. The van der Waals surface area contributed by atoms with Crippen LogP contribution in [-0.2, 0) is 19.1 Å². The number of rotatable bonds is 31. The van der Waals surface area contributed by atoms with Gasteiger partial charge in [0.05, 0.1) is 6.61 Å². The molecular formula is C39H66O5. The third-order valence-corrected chi connectivity index (χ3v) is 7.45. The summed E-state index contributed by atoms with van der Waals surface area (Å²) in [5.41, 5.74) is 0. The fraction of sp³-hybridized carbons (Fsp3) is 0.692. The summed E-state index contributed by atoms with van der Waals surface area (Å²) in [6.07, 6.45) is 44.3. The first-order chi connectivity index (χ1) is 21.6. The van der Waals surface area contributed by atoms with Crippen LogP contribution in [0.1, 0.15) is 155 Å². The summed E-state index contributed by atoms with van der Waals surface area (Å²) in [5, 5.41) is 9.51. The molecule has 0 aromatic carbocycles. The van der Waals surface area contributed by atoms with E-state index in [1.165, 1.54) is 89.9 Å². The Balaban J connectivity index is 3.66. The van der Waals surface area contributed by atoms with Crippen LogP contribution in [0.5, 0.6) is 0 Å². The lowest BCUT2D eigenvalue weighted by Gasteiger charge is -2.15. The van der Waals surface area contributed by atoms with Crippen LogP contribution in [0, 0.1) is 0 Å². The van der Waals surface area contributed by atoms with Crippen LogP contribution in [0.15, 0.2) is 60.8 Å². The zero-order valence-corrected chi connectivity index (χ0v) is 28.4. The first-order valence-corrected chi connectivity index (χ1v) is 17.9. The van der Waals surface area contributed by atoms with Crippen molar-refractivity contribution in [3.8, 4) is 0 Å². The van der Waals surface area contributed by atoms with Gasteiger partial charge >= 0.3 is 11.9 Å². The van der Waals surface area contributed by atoms with E-state index in [2.05, 4.69) is 19.9 Å². The average molecular weight is 615 g/mol. The molecule has 252 valence electrons. The predicted octanol–water partition coefficient (Wildman–Crippen LogP) is 10.8. The number of carbonyl (C=O) groups is 2. The highest BCUT2D eigenvalue weighted by Gasteiger charge is 2.16. The Morgan fingerprint density at radius 1 is 0.545 bits per heavy atom. The van der Waals surface area contributed by atoms with Crippen LogP contribution in [0.4, 0.5) is 0 Å². The second-order valence-electron chi connectivity index (χ2n) is 11.7. The Hall–Kier alpha value is -2.40. The SMILES string of the molecule is CC/C=C/C=C/C=C/C=C/C=C/CCCC(=O)OCC(CO)OC(=O)CCCCCCCCCCCCCCCCCCC. The van der Waals surface area contributed by atoms with Gasteiger partial charge in [-0.25, -0.2) is 0 Å². The largest absolute Gasteiger partial charge is 0.462 e. The van der Waals surface area contributed by atoms with Crippen molar-refractivity contribution in [3.05, 3.63) is 60.8 Å². The lowest BCUT2D eigenvalue weighted by Crippen LogP contribution is -2.28. The molecule has 0 saturated carbocycles. The van der Waals surface area contributed by atoms with Gasteiger partial charge < -0.3 is 14.6 Å². The zero-order chi connectivity index (χ0) is 32.2. The third-order valence-electron chi connectivity index (χ3n) is 7.45. The van der Waals surface area contributed by atoms with Gasteiger partial charge in [-0.05, 0) is 25.7 Å². The molecule has 0 fully saturated rings. The molecule has 0 aliphatic heterocycles. The third kappa shape index (κ3) is 32.5. The molecule has 44 heavy (non-hydrogen) atoms. The monoisotopic (exact) mass is 614 g/mol. The molecule has 0 bridgehead atoms. The number of ether oxygens (including phenoxy) is 2. The molecule has 0 rings (SSSR count). The molecule has 1 N–H and O–H groups in total. The lowest BCUT2D eigenvalue weighted by atomic mass is 10.0. The summed E-state index contributed by atoms with van der Waals surface area (Å²) in [4.78, 5) is 24.1. The van der Waals surface area contributed by atoms with Gasteiger partial charge in [0.15, 0.2) is 6.10 Å². The van der Waals surface area contributed by atoms with Gasteiger partial charge in [-0.15, -0.1) is 0 Å². The van der Waals surface area contributed by atoms with E-state index >= 15 is 0 Å². The Bertz CT molecular complexity index is 792. The van der Waals surface area contributed by atoms with Gasteiger partial charge in [-0.3, -0.25) is 9.59 Å². The van der Waals surface area contributed by atoms with Crippen molar-refractivity contribution in [1.29, 1.82) is 0 Å². The van der Waals surface area contributed by atoms with Gasteiger partial charge in [0.25, 0.3) is 0 Å². The fourth-order valence-corrected chi connectivity index (χ4v) is 4.76. The van der Waals surface area contributed by atoms with Crippen molar-refractivity contribution in [2.24, 2.45) is 0 Å². The maximum atomic E-state index is 12.1. The van der Waals surface area contributed by atoms with Crippen LogP contribution in [0.3, 0.4) is 0 Å². The predicted molar refractivity (Wildman–Crippen MR) is 187 cm³/mol. The number of hydrogen-bond donors (Lipinski definition) is 1. The quantitative estimate of drug-likeness (QED) is 0.0478. The second-order valence-corrected chi connectivity index (χ2v) is 11.7. The van der Waals surface area contributed by atoms with E-state index in [-0.39, 0.29) is 31.6 Å². The molecule has 0 radical (unpaired) electrons. The molecule has 0 aromatic heterocycles. The minimum Gasteiger partial charge on any atom is -0.462 e. The van der Waals surface area contributed by atoms with E-state index in [1.54, 1.807) is 0 Å². The highest BCUT2D eigenvalue weighted by molar-refractivity contribution is 5.70. The normalized spacial score (nSPS) is 12.9. The number of aliphatic hydroxyl groups is 1. The number of unbranched alkanes of at least 4 members (excludes halogenated alkanes) is 17. The van der Waals surface area contributed by atoms with Gasteiger partial charge in [0.2, 0.25) is 0 Å². The molecule has 1 atom stereocenters. The number of carbonyl (C=O) groups excluding carboxylic acids is 2. The second kappa shape index (κ2) is 35.1. The van der Waals surface area contributed by atoms with Gasteiger partial charge in [-0.1, -0.05) is 177 Å². The first-order valence-electron chi connectivity index (χ1n) is 17.9. The molecule has 0 amide bonds. The van der Waals surface area contributed by atoms with Crippen LogP contribution in [0.2, 0.25) is 0 Å². The summed E-state index contributed by atoms with van der Waals surface area (Å²) in [5.74, 6) is -0.679. The van der Waals surface area contributed by atoms with Crippen LogP contribution in [-0.4, -0.2) is 36.4 Å². The zero-order valence-electron chi connectivity index (χ0n) is 28.4. The van der Waals surface area contributed by atoms with Gasteiger partial charge in [-0.2, -0.15) is 0 Å². The Morgan fingerprint density at radius 3 is 1.45 bits per heavy atom. The number of allylic oxidation sites excluding steroid dienone is 10. The van der Waals surface area contributed by atoms with Crippen molar-refractivity contribution in [2.45, 2.75) is 161 Å². The van der Waals surface area contributed by atoms with E-state index in [9.17, 15) is 14.7 Å². The van der Waals surface area contributed by atoms with E-state index in [0.717, 1.165) is 32.1 Å². The summed E-state index contributed by atoms with van der Waals surface area (Å²) >= 11 is 0. The fourth-order valence-electron chi connectivity index (χ4n) is 4.76. The smallest absolute Gasteiger partial charge is 0.306 e. The maximum Gasteiger partial charge on any atom is 0.306 e. The average Bonchev–Trinajstić information content (AvgIpc) is 3.02. The Kier molecular flexibility index (Phi) is 33.2.